The summed E-state index contributed by atoms with van der Waals surface area (Å²) in [4.78, 5) is 17.3. The van der Waals surface area contributed by atoms with E-state index in [4.69, 9.17) is 9.47 Å². The molecule has 8 heteroatoms. The molecule has 0 saturated heterocycles. The molecule has 29 heavy (non-hydrogen) atoms. The van der Waals surface area contributed by atoms with Crippen LogP contribution in [0.25, 0.3) is 11.5 Å². The molecular formula is C21H23N5O3. The fraction of sp³-hybridized carbons (Fsp3) is 0.238. The van der Waals surface area contributed by atoms with Crippen molar-refractivity contribution in [2.75, 3.05) is 19.5 Å². The Kier molecular flexibility index (Phi) is 6.57. The largest absolute Gasteiger partial charge is 0.497 e. The maximum absolute atomic E-state index is 12.8. The monoisotopic (exact) mass is 393 g/mol. The molecule has 0 radical (unpaired) electrons. The highest BCUT2D eigenvalue weighted by Gasteiger charge is 2.15. The topological polar surface area (TPSA) is 91.2 Å². The van der Waals surface area contributed by atoms with Crippen LogP contribution in [0.3, 0.4) is 0 Å². The van der Waals surface area contributed by atoms with Crippen molar-refractivity contribution in [3.05, 3.63) is 60.4 Å². The van der Waals surface area contributed by atoms with Gasteiger partial charge in [-0.25, -0.2) is 4.98 Å². The van der Waals surface area contributed by atoms with Crippen LogP contribution in [-0.2, 0) is 6.54 Å². The van der Waals surface area contributed by atoms with Crippen LogP contribution in [0.4, 0.5) is 5.82 Å². The number of hydrogen-bond acceptors (Lipinski definition) is 6. The predicted octanol–water partition coefficient (Wildman–Crippen LogP) is 3.58. The zero-order valence-electron chi connectivity index (χ0n) is 16.6. The normalized spacial score (nSPS) is 10.9. The Labute approximate surface area is 169 Å². The molecule has 8 nitrogen and oxygen atoms in total. The third-order valence-electron chi connectivity index (χ3n) is 4.26. The molecule has 3 rings (SSSR count). The number of ether oxygens (including phenoxy) is 2. The minimum atomic E-state index is -0.347. The van der Waals surface area contributed by atoms with E-state index in [1.807, 2.05) is 29.7 Å². The van der Waals surface area contributed by atoms with Crippen molar-refractivity contribution >= 4 is 11.7 Å². The summed E-state index contributed by atoms with van der Waals surface area (Å²) in [5.74, 6) is 1.71. The van der Waals surface area contributed by atoms with Crippen molar-refractivity contribution < 1.29 is 14.3 Å². The zero-order valence-corrected chi connectivity index (χ0v) is 16.6. The molecule has 0 aliphatic rings. The number of hydrogen-bond donors (Lipinski definition) is 1. The van der Waals surface area contributed by atoms with E-state index in [0.29, 0.717) is 34.4 Å². The lowest BCUT2D eigenvalue weighted by atomic mass is 10.1. The molecule has 0 aliphatic heterocycles. The number of pyridine rings is 1. The fourth-order valence-electron chi connectivity index (χ4n) is 2.80. The highest BCUT2D eigenvalue weighted by atomic mass is 16.5. The quantitative estimate of drug-likeness (QED) is 0.588. The van der Waals surface area contributed by atoms with E-state index in [1.54, 1.807) is 37.7 Å². The van der Waals surface area contributed by atoms with Crippen molar-refractivity contribution in [3.63, 3.8) is 0 Å². The third kappa shape index (κ3) is 4.78. The van der Waals surface area contributed by atoms with Gasteiger partial charge >= 0.3 is 0 Å². The molecule has 2 heterocycles. The molecule has 2 aromatic heterocycles. The van der Waals surface area contributed by atoms with E-state index in [0.717, 1.165) is 13.0 Å². The summed E-state index contributed by atoms with van der Waals surface area (Å²) in [6.07, 6.45) is 6.63. The van der Waals surface area contributed by atoms with Crippen LogP contribution in [-0.4, -0.2) is 39.9 Å². The first-order chi connectivity index (χ1) is 14.2. The van der Waals surface area contributed by atoms with Crippen LogP contribution < -0.4 is 14.8 Å². The average molecular weight is 393 g/mol. The number of aryl methyl sites for hydroxylation is 1. The molecule has 1 aromatic carbocycles. The van der Waals surface area contributed by atoms with Crippen LogP contribution in [0.1, 0.15) is 23.7 Å². The lowest BCUT2D eigenvalue weighted by Gasteiger charge is -2.11. The second-order valence-electron chi connectivity index (χ2n) is 6.13. The summed E-state index contributed by atoms with van der Waals surface area (Å²) in [7, 11) is 3.05. The molecule has 1 N–H and O–H groups in total. The number of nitrogens with zero attached hydrogens (tertiary/aromatic N) is 4. The Bertz CT molecular complexity index is 1010. The maximum Gasteiger partial charge on any atom is 0.260 e. The van der Waals surface area contributed by atoms with Gasteiger partial charge in [-0.2, -0.15) is 0 Å². The van der Waals surface area contributed by atoms with Gasteiger partial charge in [-0.05, 0) is 43.7 Å². The molecule has 0 spiro atoms. The van der Waals surface area contributed by atoms with Gasteiger partial charge in [0.1, 0.15) is 29.3 Å². The molecule has 150 valence electrons. The lowest BCUT2D eigenvalue weighted by molar-refractivity contribution is 0.102. The van der Waals surface area contributed by atoms with Crippen LogP contribution in [0.15, 0.2) is 54.9 Å². The van der Waals surface area contributed by atoms with Crippen molar-refractivity contribution in [2.45, 2.75) is 19.9 Å². The van der Waals surface area contributed by atoms with Gasteiger partial charge in [-0.1, -0.05) is 18.2 Å². The molecule has 3 aromatic rings. The Hall–Kier alpha value is -3.68. The number of aromatic nitrogens is 4. The molecule has 0 unspecified atom stereocenters. The number of carbonyl (C=O) groups is 1. The average Bonchev–Trinajstić information content (AvgIpc) is 3.22. The molecule has 1 amide bonds. The van der Waals surface area contributed by atoms with Crippen molar-refractivity contribution in [1.29, 1.82) is 0 Å². The number of anilines is 1. The van der Waals surface area contributed by atoms with E-state index in [1.165, 1.54) is 7.11 Å². The lowest BCUT2D eigenvalue weighted by Crippen LogP contribution is -2.14. The molecule has 0 aliphatic carbocycles. The second kappa shape index (κ2) is 9.50. The van der Waals surface area contributed by atoms with Crippen LogP contribution in [0.5, 0.6) is 11.5 Å². The Morgan fingerprint density at radius 3 is 2.83 bits per heavy atom. The summed E-state index contributed by atoms with van der Waals surface area (Å²) in [6, 6.07) is 10.4. The highest BCUT2D eigenvalue weighted by Crippen LogP contribution is 2.25. The Morgan fingerprint density at radius 1 is 1.21 bits per heavy atom. The summed E-state index contributed by atoms with van der Waals surface area (Å²) in [5.41, 5.74) is 0.979. The maximum atomic E-state index is 12.8. The molecule has 0 atom stereocenters. The molecule has 0 bridgehead atoms. The molecule has 0 fully saturated rings. The van der Waals surface area contributed by atoms with Crippen LogP contribution in [0.2, 0.25) is 0 Å². The van der Waals surface area contributed by atoms with Gasteiger partial charge in [-0.3, -0.25) is 4.79 Å². The summed E-state index contributed by atoms with van der Waals surface area (Å²) < 4.78 is 12.4. The molecule has 0 saturated carbocycles. The smallest absolute Gasteiger partial charge is 0.260 e. The summed E-state index contributed by atoms with van der Waals surface area (Å²) >= 11 is 0. The first-order valence-electron chi connectivity index (χ1n) is 9.16. The number of carbonyl (C=O) groups excluding carboxylic acids is 1. The van der Waals surface area contributed by atoms with E-state index in [9.17, 15) is 4.79 Å². The highest BCUT2D eigenvalue weighted by molar-refractivity contribution is 6.06. The van der Waals surface area contributed by atoms with Crippen molar-refractivity contribution in [1.82, 2.24) is 19.7 Å². The predicted molar refractivity (Wildman–Crippen MR) is 110 cm³/mol. The van der Waals surface area contributed by atoms with Crippen LogP contribution in [0, 0.1) is 0 Å². The Balaban J connectivity index is 1.83. The van der Waals surface area contributed by atoms with Gasteiger partial charge in [-0.15, -0.1) is 10.2 Å². The number of benzene rings is 1. The molecular weight excluding hydrogens is 370 g/mol. The minimum absolute atomic E-state index is 0.347. The first kappa shape index (κ1) is 20.1. The fourth-order valence-corrected chi connectivity index (χ4v) is 2.80. The Morgan fingerprint density at radius 2 is 2.07 bits per heavy atom. The first-order valence-corrected chi connectivity index (χ1v) is 9.16. The zero-order chi connectivity index (χ0) is 20.6. The number of nitrogens with one attached hydrogen (secondary N) is 1. The van der Waals surface area contributed by atoms with Gasteiger partial charge in [0.05, 0.1) is 19.8 Å². The van der Waals surface area contributed by atoms with Gasteiger partial charge in [0.15, 0.2) is 5.82 Å². The van der Waals surface area contributed by atoms with E-state index in [2.05, 4.69) is 26.6 Å². The van der Waals surface area contributed by atoms with E-state index < -0.39 is 0 Å². The van der Waals surface area contributed by atoms with Crippen LogP contribution >= 0.6 is 0 Å². The minimum Gasteiger partial charge on any atom is -0.497 e. The number of rotatable bonds is 8. The van der Waals surface area contributed by atoms with Gasteiger partial charge in [0, 0.05) is 6.54 Å². The number of allylic oxidation sites excluding steroid dienone is 2. The number of amides is 1. The van der Waals surface area contributed by atoms with Crippen molar-refractivity contribution in [3.8, 4) is 23.0 Å². The summed E-state index contributed by atoms with van der Waals surface area (Å²) in [6.45, 7) is 2.73. The number of methoxy groups -OCH3 is 2. The van der Waals surface area contributed by atoms with E-state index >= 15 is 0 Å². The third-order valence-corrected chi connectivity index (χ3v) is 4.26. The van der Waals surface area contributed by atoms with E-state index in [-0.39, 0.29) is 5.91 Å². The van der Waals surface area contributed by atoms with Gasteiger partial charge in [0.2, 0.25) is 0 Å². The SMILES string of the molecule is C/C=C/CCn1cnnc1-c1cccc(NC(=O)c2cc(OC)ccc2OC)n1. The van der Waals surface area contributed by atoms with Gasteiger partial charge < -0.3 is 19.4 Å². The second-order valence-corrected chi connectivity index (χ2v) is 6.13. The van der Waals surface area contributed by atoms with Gasteiger partial charge in [0.25, 0.3) is 5.91 Å². The standard InChI is InChI=1S/C21H23N5O3/c1-4-5-6-12-26-14-22-25-20(26)17-8-7-9-19(23-17)24-21(27)16-13-15(28-2)10-11-18(16)29-3/h4-5,7-11,13-14H,6,12H2,1-3H3,(H,23,24,27)/b5-4+. The van der Waals surface area contributed by atoms with Crippen molar-refractivity contribution in [2.24, 2.45) is 0 Å². The summed E-state index contributed by atoms with van der Waals surface area (Å²) in [5, 5.41) is 11.0.